The molecule has 1 aromatic carbocycles. The maximum absolute atomic E-state index is 11.8. The second-order valence-electron chi connectivity index (χ2n) is 4.38. The molecular weight excluding hydrogens is 224 g/mol. The van der Waals surface area contributed by atoms with E-state index in [1.54, 1.807) is 12.1 Å². The van der Waals surface area contributed by atoms with Crippen molar-refractivity contribution >= 4 is 21.4 Å². The van der Waals surface area contributed by atoms with Gasteiger partial charge in [0.2, 0.25) is 10.0 Å². The predicted octanol–water partition coefficient (Wildman–Crippen LogP) is 1.79. The Labute approximate surface area is 95.9 Å². The molecule has 88 valence electrons. The van der Waals surface area contributed by atoms with Crippen LogP contribution in [0.3, 0.4) is 0 Å². The summed E-state index contributed by atoms with van der Waals surface area (Å²) in [6.45, 7) is 3.71. The van der Waals surface area contributed by atoms with Crippen molar-refractivity contribution in [1.82, 2.24) is 0 Å². The quantitative estimate of drug-likeness (QED) is 0.791. The fourth-order valence-electron chi connectivity index (χ4n) is 1.76. The zero-order valence-corrected chi connectivity index (χ0v) is 10.3. The van der Waals surface area contributed by atoms with E-state index >= 15 is 0 Å². The summed E-state index contributed by atoms with van der Waals surface area (Å²) in [7, 11) is -3.19. The van der Waals surface area contributed by atoms with Crippen LogP contribution in [0.2, 0.25) is 0 Å². The van der Waals surface area contributed by atoms with Gasteiger partial charge in [0.1, 0.15) is 0 Å². The molecule has 0 atom stereocenters. The molecule has 1 aliphatic rings. The Morgan fingerprint density at radius 3 is 2.19 bits per heavy atom. The maximum Gasteiger partial charge on any atom is 0.235 e. The average Bonchev–Trinajstić information content (AvgIpc) is 2.94. The van der Waals surface area contributed by atoms with Crippen molar-refractivity contribution in [1.29, 1.82) is 0 Å². The molecule has 1 saturated carbocycles. The highest BCUT2D eigenvalue weighted by atomic mass is 32.2. The molecule has 0 spiro atoms. The molecule has 16 heavy (non-hydrogen) atoms. The molecule has 4 nitrogen and oxygen atoms in total. The lowest BCUT2D eigenvalue weighted by molar-refractivity contribution is 0.600. The number of hydrogen-bond donors (Lipinski definition) is 2. The molecule has 0 saturated heterocycles. The van der Waals surface area contributed by atoms with E-state index in [0.29, 0.717) is 11.4 Å². The van der Waals surface area contributed by atoms with Gasteiger partial charge in [0, 0.05) is 5.69 Å². The summed E-state index contributed by atoms with van der Waals surface area (Å²) in [5, 5.41) is -0.205. The molecule has 0 unspecified atom stereocenters. The smallest absolute Gasteiger partial charge is 0.235 e. The second-order valence-corrected chi connectivity index (χ2v) is 6.34. The molecule has 5 heteroatoms. The first-order chi connectivity index (χ1) is 7.40. The van der Waals surface area contributed by atoms with Crippen molar-refractivity contribution in [2.75, 3.05) is 10.5 Å². The van der Waals surface area contributed by atoms with Crippen LogP contribution in [0.15, 0.2) is 12.1 Å². The topological polar surface area (TPSA) is 72.2 Å². The summed E-state index contributed by atoms with van der Waals surface area (Å²) < 4.78 is 26.3. The van der Waals surface area contributed by atoms with Gasteiger partial charge in [-0.15, -0.1) is 0 Å². The van der Waals surface area contributed by atoms with Gasteiger partial charge < -0.3 is 5.73 Å². The number of sulfonamides is 1. The van der Waals surface area contributed by atoms with Crippen molar-refractivity contribution in [3.05, 3.63) is 23.3 Å². The van der Waals surface area contributed by atoms with Crippen LogP contribution in [-0.2, 0) is 10.0 Å². The fraction of sp³-hybridized carbons (Fsp3) is 0.455. The minimum Gasteiger partial charge on any atom is -0.399 e. The predicted molar refractivity (Wildman–Crippen MR) is 65.9 cm³/mol. The molecule has 3 N–H and O–H groups in total. The first-order valence-electron chi connectivity index (χ1n) is 5.28. The van der Waals surface area contributed by atoms with Crippen LogP contribution >= 0.6 is 0 Å². The molecule has 0 heterocycles. The van der Waals surface area contributed by atoms with Gasteiger partial charge in [-0.05, 0) is 49.9 Å². The molecule has 0 amide bonds. The fourth-order valence-corrected chi connectivity index (χ4v) is 3.29. The van der Waals surface area contributed by atoms with Crippen molar-refractivity contribution < 1.29 is 8.42 Å². The van der Waals surface area contributed by atoms with Crippen molar-refractivity contribution in [3.63, 3.8) is 0 Å². The highest BCUT2D eigenvalue weighted by Gasteiger charge is 2.36. The number of nitrogen functional groups attached to an aromatic ring is 1. The monoisotopic (exact) mass is 240 g/mol. The first kappa shape index (κ1) is 11.3. The number of hydrogen-bond acceptors (Lipinski definition) is 3. The van der Waals surface area contributed by atoms with Crippen LogP contribution in [0.25, 0.3) is 0 Å². The largest absolute Gasteiger partial charge is 0.399 e. The van der Waals surface area contributed by atoms with Crippen LogP contribution < -0.4 is 10.5 Å². The molecule has 0 bridgehead atoms. The zero-order valence-electron chi connectivity index (χ0n) is 9.45. The Hall–Kier alpha value is -1.23. The van der Waals surface area contributed by atoms with Crippen LogP contribution in [0.5, 0.6) is 0 Å². The second kappa shape index (κ2) is 3.66. The van der Waals surface area contributed by atoms with Crippen LogP contribution in [0.1, 0.15) is 24.0 Å². The Morgan fingerprint density at radius 2 is 1.75 bits per heavy atom. The minimum atomic E-state index is -3.19. The maximum atomic E-state index is 11.8. The van der Waals surface area contributed by atoms with Crippen molar-refractivity contribution in [2.24, 2.45) is 0 Å². The average molecular weight is 240 g/mol. The highest BCUT2D eigenvalue weighted by molar-refractivity contribution is 7.93. The van der Waals surface area contributed by atoms with Gasteiger partial charge in [-0.3, -0.25) is 4.72 Å². The highest BCUT2D eigenvalue weighted by Crippen LogP contribution is 2.32. The van der Waals surface area contributed by atoms with E-state index in [1.165, 1.54) is 0 Å². The van der Waals surface area contributed by atoms with Gasteiger partial charge in [0.25, 0.3) is 0 Å². The van der Waals surface area contributed by atoms with Crippen LogP contribution in [-0.4, -0.2) is 13.7 Å². The normalized spacial score (nSPS) is 16.1. The van der Waals surface area contributed by atoms with Crippen LogP contribution in [0, 0.1) is 13.8 Å². The van der Waals surface area contributed by atoms with E-state index in [2.05, 4.69) is 4.72 Å². The van der Waals surface area contributed by atoms with Gasteiger partial charge in [0.15, 0.2) is 0 Å². The Kier molecular flexibility index (Phi) is 2.58. The number of aryl methyl sites for hydroxylation is 2. The number of nitrogens with one attached hydrogen (secondary N) is 1. The van der Waals surface area contributed by atoms with Gasteiger partial charge in [0.05, 0.1) is 10.9 Å². The summed E-state index contributed by atoms with van der Waals surface area (Å²) in [5.41, 5.74) is 8.74. The molecule has 2 rings (SSSR count). The number of anilines is 2. The van der Waals surface area contributed by atoms with Gasteiger partial charge in [-0.2, -0.15) is 0 Å². The standard InChI is InChI=1S/C11H16N2O2S/c1-7-5-9(12)6-8(2)11(7)13-16(14,15)10-3-4-10/h5-6,10,13H,3-4,12H2,1-2H3. The molecule has 0 aliphatic heterocycles. The summed E-state index contributed by atoms with van der Waals surface area (Å²) >= 11 is 0. The molecular formula is C11H16N2O2S. The molecule has 0 aromatic heterocycles. The first-order valence-corrected chi connectivity index (χ1v) is 6.83. The lowest BCUT2D eigenvalue weighted by Gasteiger charge is -2.13. The van der Waals surface area contributed by atoms with E-state index in [0.717, 1.165) is 24.0 Å². The van der Waals surface area contributed by atoms with Gasteiger partial charge in [-0.25, -0.2) is 8.42 Å². The number of nitrogens with two attached hydrogens (primary N) is 1. The lowest BCUT2D eigenvalue weighted by Crippen LogP contribution is -2.18. The SMILES string of the molecule is Cc1cc(N)cc(C)c1NS(=O)(=O)C1CC1. The molecule has 0 radical (unpaired) electrons. The Morgan fingerprint density at radius 1 is 1.25 bits per heavy atom. The lowest BCUT2D eigenvalue weighted by atomic mass is 10.1. The molecule has 1 aromatic rings. The number of benzene rings is 1. The zero-order chi connectivity index (χ0) is 11.9. The summed E-state index contributed by atoms with van der Waals surface area (Å²) in [4.78, 5) is 0. The summed E-state index contributed by atoms with van der Waals surface area (Å²) in [6, 6.07) is 3.55. The molecule has 1 aliphatic carbocycles. The molecule has 1 fully saturated rings. The van der Waals surface area contributed by atoms with E-state index in [1.807, 2.05) is 13.8 Å². The minimum absolute atomic E-state index is 0.205. The third kappa shape index (κ3) is 2.14. The van der Waals surface area contributed by atoms with E-state index < -0.39 is 10.0 Å². The van der Waals surface area contributed by atoms with Gasteiger partial charge >= 0.3 is 0 Å². The van der Waals surface area contributed by atoms with E-state index in [-0.39, 0.29) is 5.25 Å². The Bertz CT molecular complexity index is 496. The Balaban J connectivity index is 2.34. The van der Waals surface area contributed by atoms with Crippen molar-refractivity contribution in [2.45, 2.75) is 31.9 Å². The van der Waals surface area contributed by atoms with Gasteiger partial charge in [-0.1, -0.05) is 0 Å². The third-order valence-electron chi connectivity index (χ3n) is 2.76. The van der Waals surface area contributed by atoms with Crippen LogP contribution in [0.4, 0.5) is 11.4 Å². The van der Waals surface area contributed by atoms with E-state index in [9.17, 15) is 8.42 Å². The van der Waals surface area contributed by atoms with E-state index in [4.69, 9.17) is 5.73 Å². The summed E-state index contributed by atoms with van der Waals surface area (Å²) in [6.07, 6.45) is 1.53. The van der Waals surface area contributed by atoms with Crippen molar-refractivity contribution in [3.8, 4) is 0 Å². The number of rotatable bonds is 3. The summed E-state index contributed by atoms with van der Waals surface area (Å²) in [5.74, 6) is 0. The third-order valence-corrected chi connectivity index (χ3v) is 4.60.